The molecule has 0 aliphatic heterocycles. The molecule has 1 saturated carbocycles. The third kappa shape index (κ3) is 4.08. The van der Waals surface area contributed by atoms with Gasteiger partial charge in [0.25, 0.3) is 0 Å². The molecule has 3 rings (SSSR count). The van der Waals surface area contributed by atoms with E-state index in [1.54, 1.807) is 0 Å². The summed E-state index contributed by atoms with van der Waals surface area (Å²) in [7, 11) is 0. The molecule has 1 aliphatic carbocycles. The van der Waals surface area contributed by atoms with E-state index in [1.807, 2.05) is 0 Å². The van der Waals surface area contributed by atoms with Crippen molar-refractivity contribution in [3.8, 4) is 0 Å². The second-order valence-electron chi connectivity index (χ2n) is 5.47. The van der Waals surface area contributed by atoms with Crippen LogP contribution in [-0.4, -0.2) is 32.7 Å². The van der Waals surface area contributed by atoms with E-state index in [1.165, 1.54) is 29.6 Å². The van der Waals surface area contributed by atoms with Crippen molar-refractivity contribution >= 4 is 45.3 Å². The monoisotopic (exact) mass is 352 g/mol. The Morgan fingerprint density at radius 1 is 1.22 bits per heavy atom. The Kier molecular flexibility index (Phi) is 4.91. The van der Waals surface area contributed by atoms with Gasteiger partial charge in [0.05, 0.1) is 0 Å². The van der Waals surface area contributed by atoms with E-state index in [9.17, 15) is 9.59 Å². The summed E-state index contributed by atoms with van der Waals surface area (Å²) in [6.07, 6.45) is 4.69. The quantitative estimate of drug-likeness (QED) is 0.770. The van der Waals surface area contributed by atoms with Gasteiger partial charge in [-0.1, -0.05) is 22.7 Å². The molecule has 0 spiro atoms. The number of carbonyl (C=O) groups excluding carboxylic acids is 2. The van der Waals surface area contributed by atoms with Crippen molar-refractivity contribution < 1.29 is 9.59 Å². The number of hydrogen-bond acceptors (Lipinski definition) is 8. The molecule has 0 saturated heterocycles. The first kappa shape index (κ1) is 15.9. The van der Waals surface area contributed by atoms with Crippen LogP contribution in [0.2, 0.25) is 0 Å². The van der Waals surface area contributed by atoms with Gasteiger partial charge in [-0.05, 0) is 25.2 Å². The number of aromatic nitrogens is 4. The van der Waals surface area contributed by atoms with Crippen LogP contribution in [0, 0.1) is 5.92 Å². The molecule has 122 valence electrons. The Hall–Kier alpha value is -1.94. The van der Waals surface area contributed by atoms with Gasteiger partial charge in [0.1, 0.15) is 10.0 Å². The van der Waals surface area contributed by atoms with E-state index in [-0.39, 0.29) is 5.91 Å². The van der Waals surface area contributed by atoms with Crippen molar-refractivity contribution in [1.29, 1.82) is 0 Å². The van der Waals surface area contributed by atoms with Crippen LogP contribution in [0.15, 0.2) is 0 Å². The van der Waals surface area contributed by atoms with Crippen LogP contribution in [0.4, 0.5) is 10.3 Å². The van der Waals surface area contributed by atoms with Gasteiger partial charge < -0.3 is 10.6 Å². The van der Waals surface area contributed by atoms with Crippen molar-refractivity contribution in [2.24, 2.45) is 5.92 Å². The van der Waals surface area contributed by atoms with Crippen LogP contribution in [-0.2, 0) is 16.0 Å². The van der Waals surface area contributed by atoms with Crippen LogP contribution in [0.1, 0.15) is 42.1 Å². The molecule has 2 N–H and O–H groups in total. The molecular weight excluding hydrogens is 336 g/mol. The molecule has 2 amide bonds. The van der Waals surface area contributed by atoms with Crippen molar-refractivity contribution in [2.45, 2.75) is 38.5 Å². The highest BCUT2D eigenvalue weighted by Crippen LogP contribution is 2.41. The zero-order valence-corrected chi connectivity index (χ0v) is 14.1. The van der Waals surface area contributed by atoms with Gasteiger partial charge in [-0.2, -0.15) is 0 Å². The number of carbonyl (C=O) groups is 2. The van der Waals surface area contributed by atoms with Crippen molar-refractivity contribution in [3.63, 3.8) is 0 Å². The molecule has 2 unspecified atom stereocenters. The molecule has 23 heavy (non-hydrogen) atoms. The molecule has 0 radical (unpaired) electrons. The maximum atomic E-state index is 11.0. The van der Waals surface area contributed by atoms with Crippen LogP contribution in [0.25, 0.3) is 0 Å². The Morgan fingerprint density at radius 2 is 2.04 bits per heavy atom. The number of anilines is 2. The van der Waals surface area contributed by atoms with Gasteiger partial charge in [-0.25, -0.2) is 0 Å². The first-order chi connectivity index (χ1) is 11.1. The van der Waals surface area contributed by atoms with Gasteiger partial charge in [-0.15, -0.1) is 20.4 Å². The minimum absolute atomic E-state index is 0.135. The fourth-order valence-corrected chi connectivity index (χ4v) is 4.53. The molecule has 0 aromatic carbocycles. The van der Waals surface area contributed by atoms with Crippen molar-refractivity contribution in [2.75, 3.05) is 10.6 Å². The van der Waals surface area contributed by atoms with Crippen molar-refractivity contribution in [1.82, 2.24) is 20.4 Å². The van der Waals surface area contributed by atoms with Gasteiger partial charge in [0.15, 0.2) is 0 Å². The summed E-state index contributed by atoms with van der Waals surface area (Å²) in [5, 5.41) is 24.4. The molecular formula is C13H16N6O2S2. The summed E-state index contributed by atoms with van der Waals surface area (Å²) in [5.41, 5.74) is 0. The van der Waals surface area contributed by atoms with E-state index in [4.69, 9.17) is 0 Å². The number of amides is 2. The fraction of sp³-hybridized carbons (Fsp3) is 0.538. The predicted molar refractivity (Wildman–Crippen MR) is 87.6 cm³/mol. The van der Waals surface area contributed by atoms with E-state index >= 15 is 0 Å². The molecule has 2 atom stereocenters. The lowest BCUT2D eigenvalue weighted by Gasteiger charge is -2.06. The molecule has 2 aromatic heterocycles. The summed E-state index contributed by atoms with van der Waals surface area (Å²) in [6, 6.07) is 0. The largest absolute Gasteiger partial charge is 0.303 e. The van der Waals surface area contributed by atoms with Gasteiger partial charge in [-0.3, -0.25) is 9.59 Å². The predicted octanol–water partition coefficient (Wildman–Crippen LogP) is 2.04. The van der Waals surface area contributed by atoms with Crippen LogP contribution in [0.5, 0.6) is 0 Å². The lowest BCUT2D eigenvalue weighted by Crippen LogP contribution is -2.04. The number of nitrogens with zero attached hydrogens (tertiary/aromatic N) is 4. The average Bonchev–Trinajstić information content (AvgIpc) is 3.20. The zero-order chi connectivity index (χ0) is 16.2. The molecule has 8 nitrogen and oxygen atoms in total. The Bertz CT molecular complexity index is 700. The molecule has 0 bridgehead atoms. The topological polar surface area (TPSA) is 110 Å². The Morgan fingerprint density at radius 3 is 2.83 bits per heavy atom. The highest BCUT2D eigenvalue weighted by Gasteiger charge is 2.29. The van der Waals surface area contributed by atoms with E-state index < -0.39 is 0 Å². The molecule has 10 heteroatoms. The SMILES string of the molecule is CC(=O)Nc1nnc(CC2CCC(c3nnc(NC=O)s3)C2)s1. The first-order valence-electron chi connectivity index (χ1n) is 7.27. The summed E-state index contributed by atoms with van der Waals surface area (Å²) >= 11 is 2.86. The molecule has 2 heterocycles. The summed E-state index contributed by atoms with van der Waals surface area (Å²) in [6.45, 7) is 1.46. The van der Waals surface area contributed by atoms with E-state index in [0.717, 1.165) is 35.7 Å². The smallest absolute Gasteiger partial charge is 0.223 e. The van der Waals surface area contributed by atoms with E-state index in [2.05, 4.69) is 31.0 Å². The number of nitrogens with one attached hydrogen (secondary N) is 2. The number of rotatable bonds is 6. The minimum Gasteiger partial charge on any atom is -0.303 e. The maximum Gasteiger partial charge on any atom is 0.223 e. The second kappa shape index (κ2) is 7.09. The second-order valence-corrected chi connectivity index (χ2v) is 7.54. The summed E-state index contributed by atoms with van der Waals surface area (Å²) in [5.74, 6) is 0.789. The lowest BCUT2D eigenvalue weighted by atomic mass is 10.0. The third-order valence-corrected chi connectivity index (χ3v) is 5.60. The lowest BCUT2D eigenvalue weighted by molar-refractivity contribution is -0.114. The average molecular weight is 352 g/mol. The summed E-state index contributed by atoms with van der Waals surface area (Å²) in [4.78, 5) is 21.4. The van der Waals surface area contributed by atoms with Crippen LogP contribution in [0.3, 0.4) is 0 Å². The Balaban J connectivity index is 1.55. The van der Waals surface area contributed by atoms with Crippen molar-refractivity contribution in [3.05, 3.63) is 10.0 Å². The highest BCUT2D eigenvalue weighted by molar-refractivity contribution is 7.15. The normalized spacial score (nSPS) is 20.4. The maximum absolute atomic E-state index is 11.0. The van der Waals surface area contributed by atoms with E-state index in [0.29, 0.717) is 28.5 Å². The Labute approximate surface area is 140 Å². The van der Waals surface area contributed by atoms with Crippen LogP contribution < -0.4 is 10.6 Å². The number of hydrogen-bond donors (Lipinski definition) is 2. The fourth-order valence-electron chi connectivity index (χ4n) is 2.78. The van der Waals surface area contributed by atoms with Gasteiger partial charge in [0, 0.05) is 19.3 Å². The van der Waals surface area contributed by atoms with Gasteiger partial charge in [0.2, 0.25) is 22.6 Å². The summed E-state index contributed by atoms with van der Waals surface area (Å²) < 4.78 is 0. The van der Waals surface area contributed by atoms with Crippen LogP contribution >= 0.6 is 22.7 Å². The zero-order valence-electron chi connectivity index (χ0n) is 12.5. The van der Waals surface area contributed by atoms with Gasteiger partial charge >= 0.3 is 0 Å². The molecule has 2 aromatic rings. The minimum atomic E-state index is -0.135. The standard InChI is InChI=1S/C13H16N6O2S2/c1-7(21)15-13-19-16-10(22-13)5-8-2-3-9(4-8)11-17-18-12(23-11)14-6-20/h6,8-9H,2-5H2,1H3,(H,14,18,20)(H,15,19,21). The first-order valence-corrected chi connectivity index (χ1v) is 8.91. The molecule has 1 fully saturated rings. The third-order valence-electron chi connectivity index (χ3n) is 3.73. The highest BCUT2D eigenvalue weighted by atomic mass is 32.1. The molecule has 1 aliphatic rings.